The van der Waals surface area contributed by atoms with Gasteiger partial charge in [0, 0.05) is 5.56 Å². The van der Waals surface area contributed by atoms with E-state index in [1.807, 2.05) is 18.2 Å². The Kier molecular flexibility index (Phi) is 5.53. The highest BCUT2D eigenvalue weighted by atomic mass is 32.2. The second-order valence-corrected chi connectivity index (χ2v) is 8.04. The van der Waals surface area contributed by atoms with E-state index in [0.29, 0.717) is 23.4 Å². The second kappa shape index (κ2) is 8.01. The lowest BCUT2D eigenvalue weighted by Crippen LogP contribution is -2.22. The maximum atomic E-state index is 12.3. The highest BCUT2D eigenvalue weighted by Crippen LogP contribution is 2.13. The Morgan fingerprint density at radius 1 is 0.846 bits per heavy atom. The second-order valence-electron chi connectivity index (χ2n) is 5.98. The van der Waals surface area contributed by atoms with Gasteiger partial charge in [-0.05, 0) is 35.4 Å². The Balaban J connectivity index is 1.59. The Labute approximate surface area is 152 Å². The summed E-state index contributed by atoms with van der Waals surface area (Å²) in [6.45, 7) is 0.305. The van der Waals surface area contributed by atoms with Gasteiger partial charge in [-0.3, -0.25) is 4.79 Å². The van der Waals surface area contributed by atoms with Crippen LogP contribution in [0.3, 0.4) is 0 Å². The molecule has 1 aromatic heterocycles. The summed E-state index contributed by atoms with van der Waals surface area (Å²) < 4.78 is 29.8. The van der Waals surface area contributed by atoms with Gasteiger partial charge in [0.05, 0.1) is 24.3 Å². The van der Waals surface area contributed by atoms with Gasteiger partial charge in [-0.25, -0.2) is 8.42 Å². The minimum absolute atomic E-state index is 0.000769. The number of carbonyl (C=O) groups excluding carboxylic acids is 1. The van der Waals surface area contributed by atoms with Gasteiger partial charge in [0.2, 0.25) is 0 Å². The molecule has 3 rings (SSSR count). The van der Waals surface area contributed by atoms with E-state index >= 15 is 0 Å². The molecule has 1 amide bonds. The molecule has 0 saturated carbocycles. The summed E-state index contributed by atoms with van der Waals surface area (Å²) in [6.07, 6.45) is 1.55. The highest BCUT2D eigenvalue weighted by molar-refractivity contribution is 7.89. The molecule has 3 aromatic rings. The fourth-order valence-electron chi connectivity index (χ4n) is 2.57. The number of nitrogens with one attached hydrogen (secondary N) is 1. The van der Waals surface area contributed by atoms with Crippen LogP contribution in [0.15, 0.2) is 77.4 Å². The number of rotatable bonds is 7. The zero-order valence-electron chi connectivity index (χ0n) is 14.1. The number of hydrogen-bond acceptors (Lipinski definition) is 4. The van der Waals surface area contributed by atoms with Gasteiger partial charge in [0.1, 0.15) is 5.76 Å². The van der Waals surface area contributed by atoms with E-state index in [0.717, 1.165) is 5.56 Å². The highest BCUT2D eigenvalue weighted by Gasteiger charge is 2.14. The summed E-state index contributed by atoms with van der Waals surface area (Å²) in [5.41, 5.74) is 1.89. The summed E-state index contributed by atoms with van der Waals surface area (Å²) in [6, 6.07) is 19.2. The van der Waals surface area contributed by atoms with Crippen molar-refractivity contribution in [1.82, 2.24) is 5.32 Å². The molecule has 0 aliphatic carbocycles. The molecule has 6 heteroatoms. The summed E-state index contributed by atoms with van der Waals surface area (Å²) in [4.78, 5) is 12.1. The Hall–Kier alpha value is -2.86. The lowest BCUT2D eigenvalue weighted by molar-refractivity contribution is 0.0948. The van der Waals surface area contributed by atoms with Crippen LogP contribution >= 0.6 is 0 Å². The Morgan fingerprint density at radius 2 is 1.50 bits per heavy atom. The van der Waals surface area contributed by atoms with E-state index in [1.54, 1.807) is 54.8 Å². The summed E-state index contributed by atoms with van der Waals surface area (Å²) in [5.74, 6) is 0.372. The van der Waals surface area contributed by atoms with Gasteiger partial charge in [-0.1, -0.05) is 42.5 Å². The minimum atomic E-state index is -3.27. The van der Waals surface area contributed by atoms with Crippen molar-refractivity contribution in [3.63, 3.8) is 0 Å². The van der Waals surface area contributed by atoms with Crippen molar-refractivity contribution in [2.75, 3.05) is 0 Å². The molecule has 5 nitrogen and oxygen atoms in total. The average molecular weight is 369 g/mol. The van der Waals surface area contributed by atoms with E-state index in [2.05, 4.69) is 5.32 Å². The summed E-state index contributed by atoms with van der Waals surface area (Å²) >= 11 is 0. The zero-order chi connectivity index (χ0) is 18.4. The number of amides is 1. The molecule has 0 fully saturated rings. The molecule has 26 heavy (non-hydrogen) atoms. The van der Waals surface area contributed by atoms with Crippen LogP contribution in [-0.2, 0) is 27.9 Å². The van der Waals surface area contributed by atoms with Crippen molar-refractivity contribution in [3.8, 4) is 0 Å². The fourth-order valence-corrected chi connectivity index (χ4v) is 4.07. The van der Waals surface area contributed by atoms with Crippen LogP contribution in [0.25, 0.3) is 0 Å². The van der Waals surface area contributed by atoms with E-state index < -0.39 is 9.84 Å². The van der Waals surface area contributed by atoms with E-state index in [-0.39, 0.29) is 17.4 Å². The molecule has 0 saturated heterocycles. The van der Waals surface area contributed by atoms with Gasteiger partial charge in [-0.15, -0.1) is 0 Å². The molecular weight excluding hydrogens is 350 g/mol. The van der Waals surface area contributed by atoms with E-state index in [1.165, 1.54) is 0 Å². The molecule has 134 valence electrons. The maximum absolute atomic E-state index is 12.3. The predicted molar refractivity (Wildman–Crippen MR) is 99.1 cm³/mol. The molecule has 0 atom stereocenters. The lowest BCUT2D eigenvalue weighted by atomic mass is 10.1. The lowest BCUT2D eigenvalue weighted by Gasteiger charge is -2.07. The average Bonchev–Trinajstić information content (AvgIpc) is 3.14. The van der Waals surface area contributed by atoms with Crippen molar-refractivity contribution in [3.05, 3.63) is 95.4 Å². The Morgan fingerprint density at radius 3 is 2.12 bits per heavy atom. The molecular formula is C20H19NO4S. The van der Waals surface area contributed by atoms with Gasteiger partial charge >= 0.3 is 0 Å². The van der Waals surface area contributed by atoms with Crippen molar-refractivity contribution < 1.29 is 17.6 Å². The van der Waals surface area contributed by atoms with Crippen LogP contribution in [0.2, 0.25) is 0 Å². The number of sulfone groups is 1. The van der Waals surface area contributed by atoms with Crippen LogP contribution < -0.4 is 5.32 Å². The fraction of sp³-hybridized carbons (Fsp3) is 0.150. The quantitative estimate of drug-likeness (QED) is 0.693. The van der Waals surface area contributed by atoms with Crippen LogP contribution in [-0.4, -0.2) is 14.3 Å². The van der Waals surface area contributed by atoms with Crippen molar-refractivity contribution >= 4 is 15.7 Å². The van der Waals surface area contributed by atoms with Gasteiger partial charge in [0.15, 0.2) is 9.84 Å². The topological polar surface area (TPSA) is 76.4 Å². The van der Waals surface area contributed by atoms with E-state index in [9.17, 15) is 13.2 Å². The number of carbonyl (C=O) groups is 1. The van der Waals surface area contributed by atoms with Crippen LogP contribution in [0, 0.1) is 0 Å². The number of furan rings is 1. The smallest absolute Gasteiger partial charge is 0.251 e. The monoisotopic (exact) mass is 369 g/mol. The maximum Gasteiger partial charge on any atom is 0.251 e. The van der Waals surface area contributed by atoms with Crippen molar-refractivity contribution in [2.24, 2.45) is 0 Å². The molecule has 1 heterocycles. The zero-order valence-corrected chi connectivity index (χ0v) is 14.9. The number of benzene rings is 2. The van der Waals surface area contributed by atoms with Crippen molar-refractivity contribution in [1.29, 1.82) is 0 Å². The number of hydrogen-bond donors (Lipinski definition) is 1. The van der Waals surface area contributed by atoms with E-state index in [4.69, 9.17) is 4.42 Å². The first-order valence-corrected chi connectivity index (χ1v) is 9.98. The van der Waals surface area contributed by atoms with Gasteiger partial charge < -0.3 is 9.73 Å². The Bertz CT molecular complexity index is 947. The molecule has 0 unspecified atom stereocenters. The third-order valence-electron chi connectivity index (χ3n) is 3.84. The van der Waals surface area contributed by atoms with Crippen LogP contribution in [0.4, 0.5) is 0 Å². The molecule has 2 aromatic carbocycles. The molecule has 1 N–H and O–H groups in total. The minimum Gasteiger partial charge on any atom is -0.467 e. The van der Waals surface area contributed by atoms with Gasteiger partial charge in [0.25, 0.3) is 5.91 Å². The first kappa shape index (κ1) is 17.9. The molecule has 0 bridgehead atoms. The van der Waals surface area contributed by atoms with Crippen molar-refractivity contribution in [2.45, 2.75) is 18.1 Å². The first-order chi connectivity index (χ1) is 12.5. The normalized spacial score (nSPS) is 11.2. The SMILES string of the molecule is O=C(NCc1ccco1)c1ccc(CS(=O)(=O)Cc2ccccc2)cc1. The largest absolute Gasteiger partial charge is 0.467 e. The molecule has 0 aliphatic heterocycles. The standard InChI is InChI=1S/C20H19NO4S/c22-20(21-13-19-7-4-12-25-19)18-10-8-17(9-11-18)15-26(23,24)14-16-5-2-1-3-6-16/h1-12H,13-15H2,(H,21,22). The molecule has 0 spiro atoms. The van der Waals surface area contributed by atoms with Crippen LogP contribution in [0.1, 0.15) is 27.2 Å². The third kappa shape index (κ3) is 5.07. The molecule has 0 radical (unpaired) electrons. The molecule has 0 aliphatic rings. The summed E-state index contributed by atoms with van der Waals surface area (Å²) in [5, 5.41) is 2.75. The first-order valence-electron chi connectivity index (χ1n) is 8.16. The van der Waals surface area contributed by atoms with Gasteiger partial charge in [-0.2, -0.15) is 0 Å². The third-order valence-corrected chi connectivity index (χ3v) is 5.38. The summed E-state index contributed by atoms with van der Waals surface area (Å²) in [7, 11) is -3.27. The van der Waals surface area contributed by atoms with Crippen LogP contribution in [0.5, 0.6) is 0 Å². The predicted octanol–water partition coefficient (Wildman–Crippen LogP) is 3.32.